The second-order valence-electron chi connectivity index (χ2n) is 6.59. The van der Waals surface area contributed by atoms with E-state index >= 15 is 0 Å². The van der Waals surface area contributed by atoms with Gasteiger partial charge in [-0.25, -0.2) is 0 Å². The summed E-state index contributed by atoms with van der Waals surface area (Å²) in [6, 6.07) is 0. The third kappa shape index (κ3) is 6.70. The van der Waals surface area contributed by atoms with Crippen LogP contribution in [0.15, 0.2) is 36.3 Å². The average molecular weight is 356 g/mol. The van der Waals surface area contributed by atoms with Crippen molar-refractivity contribution < 1.29 is 16.8 Å². The van der Waals surface area contributed by atoms with E-state index < -0.39 is 0 Å². The minimum atomic E-state index is 0. The fraction of sp³-hybridized carbons (Fsp3) is 0.650. The number of hydrogen-bond donors (Lipinski definition) is 0. The molecule has 0 spiro atoms. The maximum Gasteiger partial charge on any atom is 0.128 e. The molecular weight excluding hydrogens is 321 g/mol. The van der Waals surface area contributed by atoms with Gasteiger partial charge in [0.2, 0.25) is 0 Å². The van der Waals surface area contributed by atoms with Crippen LogP contribution in [0.5, 0.6) is 0 Å². The van der Waals surface area contributed by atoms with Crippen LogP contribution in [-0.2, 0) is 16.8 Å². The first kappa shape index (κ1) is 22.9. The zero-order valence-electron chi connectivity index (χ0n) is 15.7. The van der Waals surface area contributed by atoms with Gasteiger partial charge < -0.3 is 5.82 Å². The zero-order valence-corrected chi connectivity index (χ0v) is 16.8. The van der Waals surface area contributed by atoms with E-state index in [1.807, 2.05) is 0 Å². The monoisotopic (exact) mass is 356 g/mol. The molecule has 1 saturated heterocycles. The van der Waals surface area contributed by atoms with Gasteiger partial charge in [-0.05, 0) is 32.4 Å². The third-order valence-electron chi connectivity index (χ3n) is 5.36. The SMILES string of the molecule is C1=CCCC=CCC1.C=C1B(CC)[C-](CC)C(CC)B1CC.[Co]. The van der Waals surface area contributed by atoms with Crippen molar-refractivity contribution in [3.05, 3.63) is 42.1 Å². The summed E-state index contributed by atoms with van der Waals surface area (Å²) in [4.78, 5) is 0. The molecule has 1 aliphatic heterocycles. The van der Waals surface area contributed by atoms with Crippen LogP contribution in [0.4, 0.5) is 0 Å². The molecule has 1 fully saturated rings. The summed E-state index contributed by atoms with van der Waals surface area (Å²) in [5, 5.41) is 1.53. The molecule has 1 heterocycles. The fourth-order valence-electron chi connectivity index (χ4n) is 4.25. The van der Waals surface area contributed by atoms with Gasteiger partial charge in [-0.2, -0.15) is 17.6 Å². The van der Waals surface area contributed by atoms with Gasteiger partial charge in [0, 0.05) is 16.8 Å². The molecule has 0 bridgehead atoms. The Hall–Kier alpha value is -0.144. The third-order valence-corrected chi connectivity index (χ3v) is 5.36. The molecule has 0 N–H and O–H groups in total. The number of allylic oxidation sites excluding steroid dienone is 4. The van der Waals surface area contributed by atoms with Crippen molar-refractivity contribution in [2.75, 3.05) is 0 Å². The first-order valence-electron chi connectivity index (χ1n) is 9.55. The molecule has 2 aliphatic rings. The fourth-order valence-corrected chi connectivity index (χ4v) is 4.25. The zero-order chi connectivity index (χ0) is 16.4. The molecule has 23 heavy (non-hydrogen) atoms. The molecule has 0 nitrogen and oxygen atoms in total. The molecule has 1 radical (unpaired) electrons. The van der Waals surface area contributed by atoms with E-state index in [-0.39, 0.29) is 16.8 Å². The molecule has 0 aromatic rings. The summed E-state index contributed by atoms with van der Waals surface area (Å²) < 4.78 is 0. The van der Waals surface area contributed by atoms with Crippen LogP contribution in [0, 0.1) is 5.82 Å². The van der Waals surface area contributed by atoms with Crippen molar-refractivity contribution in [2.45, 2.75) is 84.7 Å². The van der Waals surface area contributed by atoms with Gasteiger partial charge in [0.05, 0.1) is 0 Å². The van der Waals surface area contributed by atoms with Crippen molar-refractivity contribution in [3.8, 4) is 0 Å². The van der Waals surface area contributed by atoms with Gasteiger partial charge in [-0.15, -0.1) is 12.9 Å². The van der Waals surface area contributed by atoms with Gasteiger partial charge in [-0.3, -0.25) is 0 Å². The first-order valence-corrected chi connectivity index (χ1v) is 9.55. The molecule has 131 valence electrons. The smallest absolute Gasteiger partial charge is 0.128 e. The van der Waals surface area contributed by atoms with E-state index in [2.05, 4.69) is 58.6 Å². The van der Waals surface area contributed by atoms with E-state index in [0.29, 0.717) is 0 Å². The standard InChI is InChI=1S/C12H23B2.C8H12.Co/c1-6-11-12(7-2)14(9-4)10(5)13(11)8-3;1-2-4-6-8-7-5-3-1;/h11H,5-9H2,1-4H3;1-2,7-8H,3-6H2;/q-1;;. The molecule has 0 aromatic carbocycles. The van der Waals surface area contributed by atoms with Crippen LogP contribution in [0.2, 0.25) is 18.5 Å². The van der Waals surface area contributed by atoms with E-state index in [1.165, 1.54) is 56.5 Å². The number of hydrogen-bond acceptors (Lipinski definition) is 0. The summed E-state index contributed by atoms with van der Waals surface area (Å²) in [7, 11) is 0. The van der Waals surface area contributed by atoms with Crippen LogP contribution < -0.4 is 0 Å². The van der Waals surface area contributed by atoms with E-state index in [0.717, 1.165) is 19.2 Å². The summed E-state index contributed by atoms with van der Waals surface area (Å²) in [5.41, 5.74) is 0. The van der Waals surface area contributed by atoms with Gasteiger partial charge in [0.25, 0.3) is 0 Å². The summed E-state index contributed by atoms with van der Waals surface area (Å²) in [6.45, 7) is 15.1. The first-order chi connectivity index (χ1) is 10.7. The van der Waals surface area contributed by atoms with Crippen LogP contribution >= 0.6 is 0 Å². The van der Waals surface area contributed by atoms with Gasteiger partial charge in [0.1, 0.15) is 6.71 Å². The molecule has 1 atom stereocenters. The molecule has 1 unspecified atom stereocenters. The van der Waals surface area contributed by atoms with Gasteiger partial charge in [0.15, 0.2) is 0 Å². The Labute approximate surface area is 157 Å². The van der Waals surface area contributed by atoms with Crippen LogP contribution in [0.25, 0.3) is 0 Å². The second kappa shape index (κ2) is 13.2. The van der Waals surface area contributed by atoms with Crippen molar-refractivity contribution in [3.63, 3.8) is 0 Å². The summed E-state index contributed by atoms with van der Waals surface area (Å²) >= 11 is 0. The normalized spacial score (nSPS) is 21.4. The molecule has 0 amide bonds. The predicted molar refractivity (Wildman–Crippen MR) is 106 cm³/mol. The van der Waals surface area contributed by atoms with Crippen LogP contribution in [-0.4, -0.2) is 13.4 Å². The Kier molecular flexibility index (Phi) is 13.1. The van der Waals surface area contributed by atoms with Gasteiger partial charge in [-0.1, -0.05) is 64.7 Å². The Balaban J connectivity index is 0.000000460. The van der Waals surface area contributed by atoms with Crippen LogP contribution in [0.3, 0.4) is 0 Å². The predicted octanol–water partition coefficient (Wildman–Crippen LogP) is 6.64. The summed E-state index contributed by atoms with van der Waals surface area (Å²) in [6.07, 6.45) is 19.1. The van der Waals surface area contributed by atoms with Crippen molar-refractivity contribution in [1.82, 2.24) is 0 Å². The molecule has 1 aliphatic carbocycles. The van der Waals surface area contributed by atoms with Crippen molar-refractivity contribution in [1.29, 1.82) is 0 Å². The van der Waals surface area contributed by atoms with E-state index in [9.17, 15) is 0 Å². The summed E-state index contributed by atoms with van der Waals surface area (Å²) in [5.74, 6) is 2.62. The Bertz CT molecular complexity index is 330. The number of rotatable bonds is 4. The Morgan fingerprint density at radius 2 is 1.43 bits per heavy atom. The molecule has 0 saturated carbocycles. The maximum atomic E-state index is 4.33. The molecule has 2 rings (SSSR count). The van der Waals surface area contributed by atoms with E-state index in [4.69, 9.17) is 0 Å². The van der Waals surface area contributed by atoms with Crippen molar-refractivity contribution >= 4 is 13.4 Å². The average Bonchev–Trinajstić information content (AvgIpc) is 2.77. The minimum absolute atomic E-state index is 0. The van der Waals surface area contributed by atoms with Crippen LogP contribution in [0.1, 0.15) is 66.2 Å². The largest absolute Gasteiger partial charge is 0.335 e. The Morgan fingerprint density at radius 1 is 0.957 bits per heavy atom. The van der Waals surface area contributed by atoms with Crippen molar-refractivity contribution in [2.24, 2.45) is 0 Å². The molecule has 0 aromatic heterocycles. The maximum absolute atomic E-state index is 4.33. The van der Waals surface area contributed by atoms with Gasteiger partial charge >= 0.3 is 0 Å². The topological polar surface area (TPSA) is 0 Å². The quantitative estimate of drug-likeness (QED) is 0.301. The Morgan fingerprint density at radius 3 is 1.74 bits per heavy atom. The van der Waals surface area contributed by atoms with E-state index in [1.54, 1.807) is 5.82 Å². The minimum Gasteiger partial charge on any atom is -0.335 e. The molecular formula is C20H35B2Co-. The molecule has 3 heteroatoms. The second-order valence-corrected chi connectivity index (χ2v) is 6.59.